The van der Waals surface area contributed by atoms with Gasteiger partial charge in [-0.15, -0.1) is 0 Å². The molecule has 2 heterocycles. The monoisotopic (exact) mass is 231 g/mol. The van der Waals surface area contributed by atoms with Gasteiger partial charge in [-0.25, -0.2) is 0 Å². The fraction of sp³-hybridized carbons (Fsp3) is 0.167. The molecule has 0 aliphatic rings. The topological polar surface area (TPSA) is 81.2 Å². The van der Waals surface area contributed by atoms with Crippen molar-refractivity contribution in [1.29, 1.82) is 0 Å². The molecule has 0 radical (unpaired) electrons. The number of amides is 1. The van der Waals surface area contributed by atoms with E-state index in [4.69, 9.17) is 10.2 Å². The molecule has 17 heavy (non-hydrogen) atoms. The smallest absolute Gasteiger partial charge is 0.270 e. The van der Waals surface area contributed by atoms with E-state index in [1.54, 1.807) is 36.7 Å². The second-order valence-electron chi connectivity index (χ2n) is 3.52. The Kier molecular flexibility index (Phi) is 3.52. The van der Waals surface area contributed by atoms with Crippen LogP contribution in [0.4, 0.5) is 0 Å². The lowest BCUT2D eigenvalue weighted by Gasteiger charge is -2.03. The van der Waals surface area contributed by atoms with Gasteiger partial charge in [0.1, 0.15) is 11.5 Å². The van der Waals surface area contributed by atoms with Crippen LogP contribution >= 0.6 is 0 Å². The largest absolute Gasteiger partial charge is 0.467 e. The lowest BCUT2D eigenvalue weighted by atomic mass is 10.2. The second-order valence-corrected chi connectivity index (χ2v) is 3.52. The van der Waals surface area contributed by atoms with E-state index in [0.717, 1.165) is 5.56 Å². The highest BCUT2D eigenvalue weighted by atomic mass is 16.3. The average Bonchev–Trinajstić information content (AvgIpc) is 2.89. The summed E-state index contributed by atoms with van der Waals surface area (Å²) in [5, 5.41) is 2.71. The first-order valence-corrected chi connectivity index (χ1v) is 5.25. The number of nitrogens with one attached hydrogen (secondary N) is 1. The number of furan rings is 1. The van der Waals surface area contributed by atoms with Crippen LogP contribution in [0.15, 0.2) is 41.1 Å². The van der Waals surface area contributed by atoms with Gasteiger partial charge in [0.05, 0.1) is 12.8 Å². The molecule has 0 atom stereocenters. The fourth-order valence-electron chi connectivity index (χ4n) is 1.35. The number of hydrogen-bond donors (Lipinski definition) is 2. The minimum atomic E-state index is -0.232. The maximum atomic E-state index is 11.7. The van der Waals surface area contributed by atoms with Gasteiger partial charge in [-0.05, 0) is 23.8 Å². The summed E-state index contributed by atoms with van der Waals surface area (Å²) in [7, 11) is 0. The molecule has 2 aromatic rings. The zero-order valence-corrected chi connectivity index (χ0v) is 9.22. The van der Waals surface area contributed by atoms with Crippen LogP contribution in [0.5, 0.6) is 0 Å². The van der Waals surface area contributed by atoms with E-state index in [1.165, 1.54) is 0 Å². The number of pyridine rings is 1. The van der Waals surface area contributed by atoms with E-state index >= 15 is 0 Å². The van der Waals surface area contributed by atoms with Gasteiger partial charge in [0, 0.05) is 12.7 Å². The van der Waals surface area contributed by atoms with Crippen molar-refractivity contribution in [2.45, 2.75) is 13.1 Å². The van der Waals surface area contributed by atoms with E-state index in [9.17, 15) is 4.79 Å². The average molecular weight is 231 g/mol. The van der Waals surface area contributed by atoms with Crippen molar-refractivity contribution >= 4 is 5.91 Å². The molecule has 0 saturated heterocycles. The number of carbonyl (C=O) groups excluding carboxylic acids is 1. The molecule has 88 valence electrons. The minimum absolute atomic E-state index is 0.232. The van der Waals surface area contributed by atoms with Crippen LogP contribution in [0.25, 0.3) is 0 Å². The van der Waals surface area contributed by atoms with Crippen LogP contribution in [-0.2, 0) is 13.1 Å². The van der Waals surface area contributed by atoms with Gasteiger partial charge in [0.2, 0.25) is 0 Å². The van der Waals surface area contributed by atoms with Crippen LogP contribution in [0.3, 0.4) is 0 Å². The summed E-state index contributed by atoms with van der Waals surface area (Å²) in [5.41, 5.74) is 6.71. The Morgan fingerprint density at radius 2 is 2.29 bits per heavy atom. The maximum Gasteiger partial charge on any atom is 0.270 e. The molecule has 0 fully saturated rings. The molecule has 0 aliphatic heterocycles. The Morgan fingerprint density at radius 1 is 1.41 bits per heavy atom. The Bertz CT molecular complexity index is 477. The Labute approximate surface area is 98.6 Å². The van der Waals surface area contributed by atoms with Crippen molar-refractivity contribution in [2.24, 2.45) is 5.73 Å². The summed E-state index contributed by atoms with van der Waals surface area (Å²) in [6, 6.07) is 7.01. The van der Waals surface area contributed by atoms with Crippen LogP contribution in [0.1, 0.15) is 21.8 Å². The molecule has 0 spiro atoms. The number of rotatable bonds is 4. The zero-order valence-electron chi connectivity index (χ0n) is 9.22. The third kappa shape index (κ3) is 2.92. The highest BCUT2D eigenvalue weighted by Crippen LogP contribution is 2.02. The van der Waals surface area contributed by atoms with E-state index < -0.39 is 0 Å². The molecule has 0 aliphatic carbocycles. The number of hydrogen-bond acceptors (Lipinski definition) is 4. The molecule has 2 aromatic heterocycles. The van der Waals surface area contributed by atoms with Crippen molar-refractivity contribution in [3.8, 4) is 0 Å². The molecule has 3 N–H and O–H groups in total. The highest BCUT2D eigenvalue weighted by molar-refractivity contribution is 5.92. The van der Waals surface area contributed by atoms with E-state index in [0.29, 0.717) is 24.5 Å². The number of aromatic nitrogens is 1. The van der Waals surface area contributed by atoms with Gasteiger partial charge in [0.15, 0.2) is 0 Å². The number of carbonyl (C=O) groups is 1. The lowest BCUT2D eigenvalue weighted by molar-refractivity contribution is 0.0943. The van der Waals surface area contributed by atoms with Crippen LogP contribution in [-0.4, -0.2) is 10.9 Å². The minimum Gasteiger partial charge on any atom is -0.467 e. The third-order valence-electron chi connectivity index (χ3n) is 2.30. The molecule has 0 aromatic carbocycles. The highest BCUT2D eigenvalue weighted by Gasteiger charge is 2.07. The van der Waals surface area contributed by atoms with Gasteiger partial charge in [-0.1, -0.05) is 6.07 Å². The number of nitrogens with two attached hydrogens (primary N) is 1. The van der Waals surface area contributed by atoms with E-state index in [1.807, 2.05) is 0 Å². The normalized spacial score (nSPS) is 10.2. The van der Waals surface area contributed by atoms with Gasteiger partial charge >= 0.3 is 0 Å². The van der Waals surface area contributed by atoms with Crippen molar-refractivity contribution < 1.29 is 9.21 Å². The standard InChI is InChI=1S/C12H13N3O2/c13-6-9-3-4-11(14-7-9)12(16)15-8-10-2-1-5-17-10/h1-5,7H,6,8,13H2,(H,15,16). The van der Waals surface area contributed by atoms with Gasteiger partial charge in [-0.3, -0.25) is 9.78 Å². The Morgan fingerprint density at radius 3 is 2.88 bits per heavy atom. The second kappa shape index (κ2) is 5.27. The lowest BCUT2D eigenvalue weighted by Crippen LogP contribution is -2.23. The predicted molar refractivity (Wildman–Crippen MR) is 62.0 cm³/mol. The quantitative estimate of drug-likeness (QED) is 0.824. The van der Waals surface area contributed by atoms with Crippen LogP contribution in [0.2, 0.25) is 0 Å². The summed E-state index contributed by atoms with van der Waals surface area (Å²) >= 11 is 0. The SMILES string of the molecule is NCc1ccc(C(=O)NCc2ccco2)nc1. The molecular weight excluding hydrogens is 218 g/mol. The van der Waals surface area contributed by atoms with Crippen LogP contribution in [0, 0.1) is 0 Å². The molecule has 0 unspecified atom stereocenters. The summed E-state index contributed by atoms with van der Waals surface area (Å²) < 4.78 is 5.10. The maximum absolute atomic E-state index is 11.7. The zero-order chi connectivity index (χ0) is 12.1. The van der Waals surface area contributed by atoms with Gasteiger partial charge in [-0.2, -0.15) is 0 Å². The third-order valence-corrected chi connectivity index (χ3v) is 2.30. The van der Waals surface area contributed by atoms with Gasteiger partial charge < -0.3 is 15.5 Å². The molecule has 5 heteroatoms. The van der Waals surface area contributed by atoms with Crippen molar-refractivity contribution in [2.75, 3.05) is 0 Å². The Balaban J connectivity index is 1.95. The summed E-state index contributed by atoms with van der Waals surface area (Å²) in [6.45, 7) is 0.771. The fourth-order valence-corrected chi connectivity index (χ4v) is 1.35. The van der Waals surface area contributed by atoms with Gasteiger partial charge in [0.25, 0.3) is 5.91 Å². The molecule has 0 bridgehead atoms. The molecule has 1 amide bonds. The molecule has 0 saturated carbocycles. The first-order valence-electron chi connectivity index (χ1n) is 5.25. The van der Waals surface area contributed by atoms with E-state index in [-0.39, 0.29) is 5.91 Å². The summed E-state index contributed by atoms with van der Waals surface area (Å²) in [6.07, 6.45) is 3.16. The van der Waals surface area contributed by atoms with E-state index in [2.05, 4.69) is 10.3 Å². The number of nitrogens with zero attached hydrogens (tertiary/aromatic N) is 1. The van der Waals surface area contributed by atoms with Crippen LogP contribution < -0.4 is 11.1 Å². The molecular formula is C12H13N3O2. The first-order chi connectivity index (χ1) is 8.29. The first kappa shape index (κ1) is 11.3. The Hall–Kier alpha value is -2.14. The van der Waals surface area contributed by atoms with Crippen molar-refractivity contribution in [3.63, 3.8) is 0 Å². The molecule has 2 rings (SSSR count). The predicted octanol–water partition coefficient (Wildman–Crippen LogP) is 1.06. The summed E-state index contributed by atoms with van der Waals surface area (Å²) in [5.74, 6) is 0.474. The molecule has 5 nitrogen and oxygen atoms in total. The van der Waals surface area contributed by atoms with Crippen molar-refractivity contribution in [3.05, 3.63) is 53.7 Å². The summed E-state index contributed by atoms with van der Waals surface area (Å²) in [4.78, 5) is 15.7. The van der Waals surface area contributed by atoms with Crippen molar-refractivity contribution in [1.82, 2.24) is 10.3 Å².